The van der Waals surface area contributed by atoms with E-state index in [9.17, 15) is 9.59 Å². The van der Waals surface area contributed by atoms with Gasteiger partial charge in [-0.2, -0.15) is 0 Å². The van der Waals surface area contributed by atoms with E-state index in [0.29, 0.717) is 5.58 Å². The second-order valence-electron chi connectivity index (χ2n) is 3.85. The summed E-state index contributed by atoms with van der Waals surface area (Å²) in [6, 6.07) is 7.22. The van der Waals surface area contributed by atoms with Gasteiger partial charge in [0, 0.05) is 11.9 Å². The van der Waals surface area contributed by atoms with Crippen LogP contribution in [0.5, 0.6) is 0 Å². The van der Waals surface area contributed by atoms with Crippen LogP contribution >= 0.6 is 15.9 Å². The zero-order valence-corrected chi connectivity index (χ0v) is 11.8. The van der Waals surface area contributed by atoms with Gasteiger partial charge < -0.3 is 14.5 Å². The summed E-state index contributed by atoms with van der Waals surface area (Å²) in [5.41, 5.74) is 0.626. The summed E-state index contributed by atoms with van der Waals surface area (Å²) in [6.07, 6.45) is 0.131. The Bertz CT molecular complexity index is 620. The van der Waals surface area contributed by atoms with Crippen LogP contribution in [0.2, 0.25) is 0 Å². The molecule has 0 fully saturated rings. The molecule has 1 heterocycles. The first-order chi connectivity index (χ1) is 9.11. The largest absolute Gasteiger partial charge is 0.469 e. The van der Waals surface area contributed by atoms with E-state index in [4.69, 9.17) is 4.42 Å². The lowest BCUT2D eigenvalue weighted by Gasteiger charge is -2.01. The van der Waals surface area contributed by atoms with Gasteiger partial charge in [-0.3, -0.25) is 9.59 Å². The van der Waals surface area contributed by atoms with Gasteiger partial charge in [-0.15, -0.1) is 0 Å². The molecule has 0 spiro atoms. The fourth-order valence-corrected chi connectivity index (χ4v) is 2.07. The quantitative estimate of drug-likeness (QED) is 0.877. The SMILES string of the molecule is COC(=O)CCNC(=O)c1cc2cccc(Br)c2o1. The number of furan rings is 1. The number of ether oxygens (including phenoxy) is 1. The van der Waals surface area contributed by atoms with Crippen molar-refractivity contribution in [3.63, 3.8) is 0 Å². The smallest absolute Gasteiger partial charge is 0.307 e. The number of amides is 1. The molecule has 0 radical (unpaired) electrons. The number of para-hydroxylation sites is 1. The monoisotopic (exact) mass is 325 g/mol. The predicted octanol–water partition coefficient (Wildman–Crippen LogP) is 2.49. The molecule has 5 nitrogen and oxygen atoms in total. The number of methoxy groups -OCH3 is 1. The van der Waals surface area contributed by atoms with E-state index in [1.165, 1.54) is 7.11 Å². The Hall–Kier alpha value is -1.82. The van der Waals surface area contributed by atoms with Gasteiger partial charge in [0.1, 0.15) is 5.58 Å². The second kappa shape index (κ2) is 5.88. The number of carbonyl (C=O) groups is 2. The van der Waals surface area contributed by atoms with Crippen LogP contribution in [-0.2, 0) is 9.53 Å². The van der Waals surface area contributed by atoms with Crippen LogP contribution in [0.1, 0.15) is 17.0 Å². The van der Waals surface area contributed by atoms with E-state index in [-0.39, 0.29) is 30.6 Å². The summed E-state index contributed by atoms with van der Waals surface area (Å²) in [6.45, 7) is 0.212. The van der Waals surface area contributed by atoms with Crippen LogP contribution in [-0.4, -0.2) is 25.5 Å². The number of halogens is 1. The fraction of sp³-hybridized carbons (Fsp3) is 0.231. The minimum Gasteiger partial charge on any atom is -0.469 e. The highest BCUT2D eigenvalue weighted by atomic mass is 79.9. The molecule has 2 rings (SSSR count). The van der Waals surface area contributed by atoms with E-state index >= 15 is 0 Å². The highest BCUT2D eigenvalue weighted by Crippen LogP contribution is 2.26. The number of hydrogen-bond acceptors (Lipinski definition) is 4. The maximum absolute atomic E-state index is 11.8. The van der Waals surface area contributed by atoms with Crippen molar-refractivity contribution in [1.82, 2.24) is 5.32 Å². The summed E-state index contributed by atoms with van der Waals surface area (Å²) in [4.78, 5) is 22.7. The first-order valence-electron chi connectivity index (χ1n) is 5.65. The second-order valence-corrected chi connectivity index (χ2v) is 4.71. The van der Waals surface area contributed by atoms with Crippen LogP contribution < -0.4 is 5.32 Å². The number of hydrogen-bond donors (Lipinski definition) is 1. The third-order valence-electron chi connectivity index (χ3n) is 2.56. The predicted molar refractivity (Wildman–Crippen MR) is 72.9 cm³/mol. The first-order valence-corrected chi connectivity index (χ1v) is 6.44. The molecule has 1 aromatic carbocycles. The Morgan fingerprint density at radius 1 is 1.42 bits per heavy atom. The number of nitrogens with one attached hydrogen (secondary N) is 1. The maximum atomic E-state index is 11.8. The van der Waals surface area contributed by atoms with Crippen LogP contribution in [0.15, 0.2) is 33.2 Å². The Morgan fingerprint density at radius 3 is 2.89 bits per heavy atom. The molecule has 0 saturated heterocycles. The van der Waals surface area contributed by atoms with E-state index in [0.717, 1.165) is 9.86 Å². The van der Waals surface area contributed by atoms with Crippen molar-refractivity contribution >= 4 is 38.8 Å². The van der Waals surface area contributed by atoms with Gasteiger partial charge in [0.15, 0.2) is 5.76 Å². The summed E-state index contributed by atoms with van der Waals surface area (Å²) in [7, 11) is 1.31. The normalized spacial score (nSPS) is 10.4. The number of fused-ring (bicyclic) bond motifs is 1. The summed E-state index contributed by atoms with van der Waals surface area (Å²) in [5.74, 6) is -0.508. The molecule has 1 aromatic heterocycles. The summed E-state index contributed by atoms with van der Waals surface area (Å²) in [5, 5.41) is 3.44. The average molecular weight is 326 g/mol. The molecule has 1 N–H and O–H groups in total. The molecule has 0 aliphatic carbocycles. The molecule has 2 aromatic rings. The molecule has 1 amide bonds. The van der Waals surface area contributed by atoms with Gasteiger partial charge in [-0.25, -0.2) is 0 Å². The Balaban J connectivity index is 2.05. The van der Waals surface area contributed by atoms with Crippen molar-refractivity contribution in [2.24, 2.45) is 0 Å². The maximum Gasteiger partial charge on any atom is 0.307 e. The Morgan fingerprint density at radius 2 is 2.21 bits per heavy atom. The van der Waals surface area contributed by atoms with E-state index in [1.54, 1.807) is 6.07 Å². The molecule has 19 heavy (non-hydrogen) atoms. The summed E-state index contributed by atoms with van der Waals surface area (Å²) >= 11 is 3.35. The van der Waals surface area contributed by atoms with Crippen LogP contribution in [0.25, 0.3) is 11.0 Å². The van der Waals surface area contributed by atoms with E-state index in [1.807, 2.05) is 18.2 Å². The molecule has 6 heteroatoms. The third kappa shape index (κ3) is 3.14. The van der Waals surface area contributed by atoms with E-state index < -0.39 is 0 Å². The number of carbonyl (C=O) groups excluding carboxylic acids is 2. The summed E-state index contributed by atoms with van der Waals surface area (Å²) < 4.78 is 10.7. The van der Waals surface area contributed by atoms with Gasteiger partial charge in [0.2, 0.25) is 0 Å². The average Bonchev–Trinajstić information content (AvgIpc) is 2.84. The van der Waals surface area contributed by atoms with Gasteiger partial charge in [0.25, 0.3) is 5.91 Å². The zero-order chi connectivity index (χ0) is 13.8. The lowest BCUT2D eigenvalue weighted by molar-refractivity contribution is -0.140. The van der Waals surface area contributed by atoms with Gasteiger partial charge >= 0.3 is 5.97 Å². The third-order valence-corrected chi connectivity index (χ3v) is 3.19. The van der Waals surface area contributed by atoms with Crippen molar-refractivity contribution in [3.8, 4) is 0 Å². The minimum absolute atomic E-state index is 0.131. The van der Waals surface area contributed by atoms with E-state index in [2.05, 4.69) is 26.0 Å². The molecule has 0 aliphatic rings. The van der Waals surface area contributed by atoms with Crippen molar-refractivity contribution in [1.29, 1.82) is 0 Å². The van der Waals surface area contributed by atoms with Crippen molar-refractivity contribution in [2.75, 3.05) is 13.7 Å². The zero-order valence-electron chi connectivity index (χ0n) is 10.2. The van der Waals surface area contributed by atoms with Crippen molar-refractivity contribution < 1.29 is 18.7 Å². The molecule has 100 valence electrons. The van der Waals surface area contributed by atoms with Gasteiger partial charge in [-0.05, 0) is 28.1 Å². The lowest BCUT2D eigenvalue weighted by Crippen LogP contribution is -2.25. The minimum atomic E-state index is -0.368. The van der Waals surface area contributed by atoms with Gasteiger partial charge in [-0.1, -0.05) is 12.1 Å². The van der Waals surface area contributed by atoms with Gasteiger partial charge in [0.05, 0.1) is 18.0 Å². The fourth-order valence-electron chi connectivity index (χ4n) is 1.61. The molecule has 0 bridgehead atoms. The molecule has 0 unspecified atom stereocenters. The van der Waals surface area contributed by atoms with Crippen molar-refractivity contribution in [3.05, 3.63) is 34.5 Å². The number of benzene rings is 1. The molecule has 0 aliphatic heterocycles. The lowest BCUT2D eigenvalue weighted by atomic mass is 10.2. The van der Waals surface area contributed by atoms with Crippen LogP contribution in [0, 0.1) is 0 Å². The first kappa shape index (κ1) is 13.6. The molecular weight excluding hydrogens is 314 g/mol. The van der Waals surface area contributed by atoms with Crippen molar-refractivity contribution in [2.45, 2.75) is 6.42 Å². The number of rotatable bonds is 4. The molecule has 0 atom stereocenters. The molecular formula is C13H12BrNO4. The molecule has 0 saturated carbocycles. The Labute approximate surface area is 118 Å². The van der Waals surface area contributed by atoms with Crippen LogP contribution in [0.4, 0.5) is 0 Å². The highest BCUT2D eigenvalue weighted by molar-refractivity contribution is 9.10. The standard InChI is InChI=1S/C13H12BrNO4/c1-18-11(16)5-6-15-13(17)10-7-8-3-2-4-9(14)12(8)19-10/h2-4,7H,5-6H2,1H3,(H,15,17). The Kier molecular flexibility index (Phi) is 4.21. The number of esters is 1. The highest BCUT2D eigenvalue weighted by Gasteiger charge is 2.13. The topological polar surface area (TPSA) is 68.5 Å². The van der Waals surface area contributed by atoms with Crippen LogP contribution in [0.3, 0.4) is 0 Å².